The number of benzene rings is 1. The molecule has 3 heteroatoms. The first-order chi connectivity index (χ1) is 8.81. The van der Waals surface area contributed by atoms with Gasteiger partial charge in [0, 0.05) is 29.9 Å². The van der Waals surface area contributed by atoms with Gasteiger partial charge in [-0.05, 0) is 31.4 Å². The Labute approximate surface area is 108 Å². The van der Waals surface area contributed by atoms with E-state index in [1.807, 2.05) is 18.3 Å². The lowest BCUT2D eigenvalue weighted by Gasteiger charge is -2.27. The van der Waals surface area contributed by atoms with E-state index in [1.54, 1.807) is 0 Å². The molecule has 1 aromatic carbocycles. The second-order valence-corrected chi connectivity index (χ2v) is 4.97. The molecule has 1 atom stereocenters. The maximum Gasteiger partial charge on any atom is 0.0951 e. The lowest BCUT2D eigenvalue weighted by atomic mass is 10.1. The summed E-state index contributed by atoms with van der Waals surface area (Å²) in [5, 5.41) is 1.18. The van der Waals surface area contributed by atoms with Gasteiger partial charge in [0.15, 0.2) is 0 Å². The maximum absolute atomic E-state index is 6.01. The molecular weight excluding hydrogens is 222 g/mol. The molecule has 1 aliphatic heterocycles. The van der Waals surface area contributed by atoms with Crippen molar-refractivity contribution >= 4 is 22.3 Å². The summed E-state index contributed by atoms with van der Waals surface area (Å²) in [5.41, 5.74) is 8.99. The minimum Gasteiger partial charge on any atom is -0.397 e. The average Bonchev–Trinajstić information content (AvgIpc) is 2.87. The first-order valence-electron chi connectivity index (χ1n) is 6.71. The molecule has 0 aliphatic carbocycles. The van der Waals surface area contributed by atoms with Crippen LogP contribution in [-0.2, 0) is 0 Å². The highest BCUT2D eigenvalue weighted by Gasteiger charge is 2.24. The van der Waals surface area contributed by atoms with Crippen molar-refractivity contribution in [3.8, 4) is 0 Å². The van der Waals surface area contributed by atoms with Crippen LogP contribution in [0.2, 0.25) is 0 Å². The summed E-state index contributed by atoms with van der Waals surface area (Å²) < 4.78 is 0. The largest absolute Gasteiger partial charge is 0.397 e. The number of hydrogen-bond acceptors (Lipinski definition) is 3. The molecule has 1 aromatic heterocycles. The van der Waals surface area contributed by atoms with Crippen LogP contribution in [0.4, 0.5) is 11.4 Å². The Morgan fingerprint density at radius 3 is 3.11 bits per heavy atom. The first kappa shape index (κ1) is 11.3. The Morgan fingerprint density at radius 2 is 2.28 bits per heavy atom. The molecule has 0 saturated carbocycles. The first-order valence-corrected chi connectivity index (χ1v) is 6.71. The quantitative estimate of drug-likeness (QED) is 0.821. The van der Waals surface area contributed by atoms with E-state index in [4.69, 9.17) is 5.73 Å². The summed E-state index contributed by atoms with van der Waals surface area (Å²) in [6.45, 7) is 3.41. The van der Waals surface area contributed by atoms with Gasteiger partial charge in [0.2, 0.25) is 0 Å². The van der Waals surface area contributed by atoms with Gasteiger partial charge in [-0.25, -0.2) is 0 Å². The fourth-order valence-electron chi connectivity index (χ4n) is 3.01. The lowest BCUT2D eigenvalue weighted by Crippen LogP contribution is -2.28. The van der Waals surface area contributed by atoms with Gasteiger partial charge in [0.25, 0.3) is 0 Å². The predicted octanol–water partition coefficient (Wildman–Crippen LogP) is 3.20. The Balaban J connectivity index is 2.14. The number of anilines is 2. The highest BCUT2D eigenvalue weighted by Crippen LogP contribution is 2.33. The van der Waals surface area contributed by atoms with Gasteiger partial charge < -0.3 is 10.6 Å². The van der Waals surface area contributed by atoms with Crippen LogP contribution in [0.15, 0.2) is 30.5 Å². The molecule has 18 heavy (non-hydrogen) atoms. The molecule has 0 spiro atoms. The molecule has 3 rings (SSSR count). The van der Waals surface area contributed by atoms with Crippen LogP contribution in [0, 0.1) is 0 Å². The summed E-state index contributed by atoms with van der Waals surface area (Å²) >= 11 is 0. The zero-order chi connectivity index (χ0) is 12.5. The number of rotatable bonds is 2. The minimum absolute atomic E-state index is 0.664. The van der Waals surface area contributed by atoms with Crippen LogP contribution in [0.3, 0.4) is 0 Å². The van der Waals surface area contributed by atoms with Gasteiger partial charge in [-0.1, -0.05) is 19.1 Å². The number of nitrogens with zero attached hydrogens (tertiary/aromatic N) is 2. The summed E-state index contributed by atoms with van der Waals surface area (Å²) in [5.74, 6) is 0. The standard InChI is InChI=1S/C15H19N3/c1-2-11-5-4-10-18(11)14-8-9-17-15-12(14)6-3-7-13(15)16/h3,6-9,11H,2,4-5,10,16H2,1H3. The third kappa shape index (κ3) is 1.70. The Hall–Kier alpha value is -1.77. The summed E-state index contributed by atoms with van der Waals surface area (Å²) in [6.07, 6.45) is 5.65. The van der Waals surface area contributed by atoms with Gasteiger partial charge in [0.1, 0.15) is 0 Å². The normalized spacial score (nSPS) is 19.6. The molecule has 2 heterocycles. The van der Waals surface area contributed by atoms with Crippen LogP contribution < -0.4 is 10.6 Å². The van der Waals surface area contributed by atoms with Gasteiger partial charge in [-0.15, -0.1) is 0 Å². The zero-order valence-corrected chi connectivity index (χ0v) is 10.8. The van der Waals surface area contributed by atoms with E-state index in [9.17, 15) is 0 Å². The molecule has 0 amide bonds. The van der Waals surface area contributed by atoms with E-state index in [0.717, 1.165) is 17.7 Å². The van der Waals surface area contributed by atoms with Gasteiger partial charge in [-0.2, -0.15) is 0 Å². The highest BCUT2D eigenvalue weighted by molar-refractivity contribution is 5.98. The monoisotopic (exact) mass is 241 g/mol. The van der Waals surface area contributed by atoms with Crippen molar-refractivity contribution in [1.82, 2.24) is 4.98 Å². The molecule has 2 aromatic rings. The summed E-state index contributed by atoms with van der Waals surface area (Å²) in [4.78, 5) is 6.93. The van der Waals surface area contributed by atoms with Crippen molar-refractivity contribution in [1.29, 1.82) is 0 Å². The van der Waals surface area contributed by atoms with Crippen LogP contribution in [0.1, 0.15) is 26.2 Å². The van der Waals surface area contributed by atoms with Gasteiger partial charge >= 0.3 is 0 Å². The van der Waals surface area contributed by atoms with E-state index in [0.29, 0.717) is 6.04 Å². The van der Waals surface area contributed by atoms with Crippen molar-refractivity contribution in [3.63, 3.8) is 0 Å². The van der Waals surface area contributed by atoms with E-state index in [1.165, 1.54) is 30.3 Å². The number of aromatic nitrogens is 1. The second kappa shape index (κ2) is 4.48. The Kier molecular flexibility index (Phi) is 2.82. The van der Waals surface area contributed by atoms with Gasteiger partial charge in [-0.3, -0.25) is 4.98 Å². The molecule has 94 valence electrons. The predicted molar refractivity (Wildman–Crippen MR) is 76.8 cm³/mol. The van der Waals surface area contributed by atoms with E-state index >= 15 is 0 Å². The van der Waals surface area contributed by atoms with Crippen molar-refractivity contribution < 1.29 is 0 Å². The van der Waals surface area contributed by atoms with Crippen molar-refractivity contribution in [2.24, 2.45) is 0 Å². The van der Waals surface area contributed by atoms with E-state index in [-0.39, 0.29) is 0 Å². The number of para-hydroxylation sites is 1. The third-order valence-corrected chi connectivity index (χ3v) is 3.94. The lowest BCUT2D eigenvalue weighted by molar-refractivity contribution is 0.646. The zero-order valence-electron chi connectivity index (χ0n) is 10.8. The average molecular weight is 241 g/mol. The summed E-state index contributed by atoms with van der Waals surface area (Å²) in [6, 6.07) is 8.84. The number of hydrogen-bond donors (Lipinski definition) is 1. The molecular formula is C15H19N3. The summed E-state index contributed by atoms with van der Waals surface area (Å²) in [7, 11) is 0. The highest BCUT2D eigenvalue weighted by atomic mass is 15.2. The molecule has 0 radical (unpaired) electrons. The van der Waals surface area contributed by atoms with Gasteiger partial charge in [0.05, 0.1) is 11.2 Å². The molecule has 1 aliphatic rings. The molecule has 1 fully saturated rings. The number of nitrogen functional groups attached to an aromatic ring is 1. The molecule has 2 N–H and O–H groups in total. The van der Waals surface area contributed by atoms with Crippen LogP contribution in [-0.4, -0.2) is 17.6 Å². The van der Waals surface area contributed by atoms with Crippen molar-refractivity contribution in [2.75, 3.05) is 17.2 Å². The van der Waals surface area contributed by atoms with Crippen molar-refractivity contribution in [2.45, 2.75) is 32.2 Å². The second-order valence-electron chi connectivity index (χ2n) is 4.97. The SMILES string of the molecule is CCC1CCCN1c1ccnc2c(N)cccc12. The van der Waals surface area contributed by atoms with E-state index < -0.39 is 0 Å². The topological polar surface area (TPSA) is 42.2 Å². The third-order valence-electron chi connectivity index (χ3n) is 3.94. The minimum atomic E-state index is 0.664. The fraction of sp³-hybridized carbons (Fsp3) is 0.400. The molecule has 1 unspecified atom stereocenters. The Morgan fingerprint density at radius 1 is 1.39 bits per heavy atom. The molecule has 3 nitrogen and oxygen atoms in total. The molecule has 1 saturated heterocycles. The van der Waals surface area contributed by atoms with Crippen LogP contribution in [0.5, 0.6) is 0 Å². The van der Waals surface area contributed by atoms with Crippen LogP contribution >= 0.6 is 0 Å². The van der Waals surface area contributed by atoms with Crippen molar-refractivity contribution in [3.05, 3.63) is 30.5 Å². The van der Waals surface area contributed by atoms with Crippen LogP contribution in [0.25, 0.3) is 10.9 Å². The number of nitrogens with two attached hydrogens (primary N) is 1. The number of fused-ring (bicyclic) bond motifs is 1. The Bertz CT molecular complexity index is 565. The maximum atomic E-state index is 6.01. The smallest absolute Gasteiger partial charge is 0.0951 e. The van der Waals surface area contributed by atoms with E-state index in [2.05, 4.69) is 28.9 Å². The fourth-order valence-corrected chi connectivity index (χ4v) is 3.01. The number of pyridine rings is 1. The molecule has 0 bridgehead atoms.